The summed E-state index contributed by atoms with van der Waals surface area (Å²) in [5.41, 5.74) is 4.20. The number of carbonyl (C=O) groups excluding carboxylic acids is 3. The fraction of sp³-hybridized carbons (Fsp3) is 0.171. The number of aliphatic hydroxyl groups excluding tert-OH is 1. The number of esters is 1. The van der Waals surface area contributed by atoms with Crippen LogP contribution in [0.2, 0.25) is 0 Å². The molecule has 1 saturated heterocycles. The molecule has 1 unspecified atom stereocenters. The molecule has 0 bridgehead atoms. The fourth-order valence-corrected chi connectivity index (χ4v) is 5.12. The minimum atomic E-state index is -0.946. The normalized spacial score (nSPS) is 15.8. The molecule has 0 saturated carbocycles. The highest BCUT2D eigenvalue weighted by Crippen LogP contribution is 2.43. The number of carbonyl (C=O) groups is 3. The largest absolute Gasteiger partial charge is 0.507 e. The molecule has 0 aliphatic carbocycles. The minimum absolute atomic E-state index is 0.0524. The Balaban J connectivity index is 1.58. The van der Waals surface area contributed by atoms with E-state index < -0.39 is 23.7 Å². The highest BCUT2D eigenvalue weighted by Gasteiger charge is 2.47. The van der Waals surface area contributed by atoms with Crippen LogP contribution >= 0.6 is 0 Å². The number of benzene rings is 4. The third-order valence-electron chi connectivity index (χ3n) is 7.40. The van der Waals surface area contributed by atoms with Gasteiger partial charge in [-0.25, -0.2) is 4.79 Å². The fourth-order valence-electron chi connectivity index (χ4n) is 5.12. The summed E-state index contributed by atoms with van der Waals surface area (Å²) in [4.78, 5) is 42.7. The Morgan fingerprint density at radius 1 is 0.884 bits per heavy atom. The molecule has 218 valence electrons. The lowest BCUT2D eigenvalue weighted by Gasteiger charge is -2.26. The Hall–Kier alpha value is -5.37. The number of nitrogens with zero attached hydrogens (tertiary/aromatic N) is 2. The molecule has 1 N–H and O–H groups in total. The SMILES string of the molecule is COC(=O)c1cccc(N2C(=O)C(=O)/C(=C(/O)c3ccc(OCc4ccccc4)c(C)c3)C2c2ccc(N(C)C)cc2)c1. The van der Waals surface area contributed by atoms with Gasteiger partial charge in [0.1, 0.15) is 18.1 Å². The molecular weight excluding hydrogens is 544 g/mol. The first-order valence-electron chi connectivity index (χ1n) is 13.7. The summed E-state index contributed by atoms with van der Waals surface area (Å²) in [6.07, 6.45) is 0. The Morgan fingerprint density at radius 2 is 1.60 bits per heavy atom. The predicted octanol–water partition coefficient (Wildman–Crippen LogP) is 6.05. The molecule has 1 aliphatic heterocycles. The van der Waals surface area contributed by atoms with Crippen molar-refractivity contribution in [3.05, 3.63) is 130 Å². The van der Waals surface area contributed by atoms with Gasteiger partial charge in [-0.2, -0.15) is 0 Å². The smallest absolute Gasteiger partial charge is 0.337 e. The summed E-state index contributed by atoms with van der Waals surface area (Å²) < 4.78 is 10.8. The van der Waals surface area contributed by atoms with Crippen molar-refractivity contribution in [1.82, 2.24) is 0 Å². The molecule has 8 nitrogen and oxygen atoms in total. The van der Waals surface area contributed by atoms with Crippen molar-refractivity contribution in [3.63, 3.8) is 0 Å². The average molecular weight is 577 g/mol. The van der Waals surface area contributed by atoms with E-state index in [-0.39, 0.29) is 16.9 Å². The van der Waals surface area contributed by atoms with Gasteiger partial charge < -0.3 is 19.5 Å². The number of aliphatic hydroxyl groups is 1. The highest BCUT2D eigenvalue weighted by atomic mass is 16.5. The average Bonchev–Trinajstić information content (AvgIpc) is 3.29. The number of methoxy groups -OCH3 is 1. The minimum Gasteiger partial charge on any atom is -0.507 e. The molecule has 43 heavy (non-hydrogen) atoms. The molecule has 4 aromatic rings. The van der Waals surface area contributed by atoms with E-state index in [2.05, 4.69) is 0 Å². The Morgan fingerprint density at radius 3 is 2.26 bits per heavy atom. The van der Waals surface area contributed by atoms with Gasteiger partial charge in [0.15, 0.2) is 0 Å². The summed E-state index contributed by atoms with van der Waals surface area (Å²) >= 11 is 0. The predicted molar refractivity (Wildman–Crippen MR) is 165 cm³/mol. The molecule has 1 aliphatic rings. The zero-order valence-electron chi connectivity index (χ0n) is 24.4. The zero-order chi connectivity index (χ0) is 30.7. The summed E-state index contributed by atoms with van der Waals surface area (Å²) in [5.74, 6) is -1.88. The molecule has 0 radical (unpaired) electrons. The van der Waals surface area contributed by atoms with Crippen LogP contribution < -0.4 is 14.5 Å². The van der Waals surface area contributed by atoms with Crippen molar-refractivity contribution in [3.8, 4) is 5.75 Å². The third kappa shape index (κ3) is 5.85. The number of Topliss-reactive ketones (excluding diaryl/α,β-unsaturated/α-hetero) is 1. The Labute approximate surface area is 250 Å². The number of rotatable bonds is 8. The van der Waals surface area contributed by atoms with Crippen molar-refractivity contribution in [2.45, 2.75) is 19.6 Å². The number of hydrogen-bond acceptors (Lipinski definition) is 7. The van der Waals surface area contributed by atoms with E-state index in [1.807, 2.05) is 80.5 Å². The van der Waals surface area contributed by atoms with Gasteiger partial charge in [0.25, 0.3) is 11.7 Å². The molecule has 1 heterocycles. The Bertz CT molecular complexity index is 1710. The first-order chi connectivity index (χ1) is 20.7. The van der Waals surface area contributed by atoms with Gasteiger partial charge in [0, 0.05) is 31.0 Å². The molecule has 4 aromatic carbocycles. The van der Waals surface area contributed by atoms with Crippen LogP contribution in [0.1, 0.15) is 38.7 Å². The van der Waals surface area contributed by atoms with Crippen molar-refractivity contribution in [1.29, 1.82) is 0 Å². The molecular formula is C35H32N2O6. The van der Waals surface area contributed by atoms with E-state index in [1.165, 1.54) is 18.1 Å². The van der Waals surface area contributed by atoms with Gasteiger partial charge in [0.2, 0.25) is 0 Å². The number of amides is 1. The van der Waals surface area contributed by atoms with Gasteiger partial charge in [-0.3, -0.25) is 14.5 Å². The van der Waals surface area contributed by atoms with Crippen LogP contribution in [0.25, 0.3) is 5.76 Å². The van der Waals surface area contributed by atoms with Gasteiger partial charge in [-0.05, 0) is 72.1 Å². The summed E-state index contributed by atoms with van der Waals surface area (Å²) in [6.45, 7) is 2.23. The molecule has 0 aromatic heterocycles. The van der Waals surface area contributed by atoms with Crippen molar-refractivity contribution < 1.29 is 29.0 Å². The molecule has 1 amide bonds. The summed E-state index contributed by atoms with van der Waals surface area (Å²) in [6, 6.07) is 27.7. The molecule has 8 heteroatoms. The lowest BCUT2D eigenvalue weighted by Crippen LogP contribution is -2.29. The van der Waals surface area contributed by atoms with E-state index >= 15 is 0 Å². The first-order valence-corrected chi connectivity index (χ1v) is 13.7. The number of aryl methyl sites for hydroxylation is 1. The maximum Gasteiger partial charge on any atom is 0.337 e. The van der Waals surface area contributed by atoms with Crippen molar-refractivity contribution >= 4 is 34.8 Å². The summed E-state index contributed by atoms with van der Waals surface area (Å²) in [5, 5.41) is 11.6. The standard InChI is InChI=1S/C35H32N2O6/c1-22-19-25(15-18-29(22)43-21-23-9-6-5-7-10-23)32(38)30-31(24-13-16-27(17-14-24)36(2)3)37(34(40)33(30)39)28-12-8-11-26(20-28)35(41)42-4/h5-20,31,38H,21H2,1-4H3/b32-30+. The number of ether oxygens (including phenoxy) is 2. The van der Waals surface area contributed by atoms with Crippen LogP contribution in [0, 0.1) is 6.92 Å². The van der Waals surface area contributed by atoms with Crippen molar-refractivity contribution in [2.75, 3.05) is 31.0 Å². The molecule has 0 spiro atoms. The number of ketones is 1. The number of anilines is 2. The maximum absolute atomic E-state index is 13.6. The van der Waals surface area contributed by atoms with E-state index in [9.17, 15) is 19.5 Å². The van der Waals surface area contributed by atoms with Gasteiger partial charge in [-0.1, -0.05) is 48.5 Å². The monoisotopic (exact) mass is 576 g/mol. The van der Waals surface area contributed by atoms with Crippen LogP contribution in [-0.4, -0.2) is 44.0 Å². The third-order valence-corrected chi connectivity index (χ3v) is 7.40. The molecule has 1 fully saturated rings. The summed E-state index contributed by atoms with van der Waals surface area (Å²) in [7, 11) is 5.09. The van der Waals surface area contributed by atoms with Crippen LogP contribution in [0.15, 0.2) is 103 Å². The van der Waals surface area contributed by atoms with Crippen LogP contribution in [0.4, 0.5) is 11.4 Å². The second-order valence-electron chi connectivity index (χ2n) is 10.5. The van der Waals surface area contributed by atoms with E-state index in [4.69, 9.17) is 9.47 Å². The second kappa shape index (κ2) is 12.2. The van der Waals surface area contributed by atoms with E-state index in [1.54, 1.807) is 36.4 Å². The highest BCUT2D eigenvalue weighted by molar-refractivity contribution is 6.51. The van der Waals surface area contributed by atoms with E-state index in [0.717, 1.165) is 16.8 Å². The lowest BCUT2D eigenvalue weighted by molar-refractivity contribution is -0.132. The lowest BCUT2D eigenvalue weighted by atomic mass is 9.94. The quantitative estimate of drug-likeness (QED) is 0.118. The maximum atomic E-state index is 13.6. The Kier molecular flexibility index (Phi) is 8.29. The first kappa shape index (κ1) is 29.1. The number of hydrogen-bond donors (Lipinski definition) is 1. The molecule has 5 rings (SSSR count). The van der Waals surface area contributed by atoms with Crippen LogP contribution in [-0.2, 0) is 20.9 Å². The van der Waals surface area contributed by atoms with E-state index in [0.29, 0.717) is 29.2 Å². The topological polar surface area (TPSA) is 96.4 Å². The zero-order valence-corrected chi connectivity index (χ0v) is 24.4. The second-order valence-corrected chi connectivity index (χ2v) is 10.5. The van der Waals surface area contributed by atoms with Crippen LogP contribution in [0.5, 0.6) is 5.75 Å². The molecule has 1 atom stereocenters. The van der Waals surface area contributed by atoms with Gasteiger partial charge >= 0.3 is 5.97 Å². The van der Waals surface area contributed by atoms with Gasteiger partial charge in [0.05, 0.1) is 24.3 Å². The van der Waals surface area contributed by atoms with Crippen LogP contribution in [0.3, 0.4) is 0 Å². The van der Waals surface area contributed by atoms with Crippen molar-refractivity contribution in [2.24, 2.45) is 0 Å². The van der Waals surface area contributed by atoms with Gasteiger partial charge in [-0.15, -0.1) is 0 Å².